The van der Waals surface area contributed by atoms with Gasteiger partial charge >= 0.3 is 0 Å². The molecule has 0 saturated heterocycles. The van der Waals surface area contributed by atoms with Gasteiger partial charge in [-0.2, -0.15) is 0 Å². The zero-order valence-corrected chi connectivity index (χ0v) is 12.1. The second-order valence-corrected chi connectivity index (χ2v) is 5.27. The fourth-order valence-corrected chi connectivity index (χ4v) is 2.47. The van der Waals surface area contributed by atoms with Gasteiger partial charge in [-0.3, -0.25) is 4.79 Å². The van der Waals surface area contributed by atoms with Crippen molar-refractivity contribution in [1.82, 2.24) is 0 Å². The van der Waals surface area contributed by atoms with E-state index in [0.717, 1.165) is 18.2 Å². The number of benzene rings is 2. The van der Waals surface area contributed by atoms with Crippen LogP contribution in [0.25, 0.3) is 0 Å². The van der Waals surface area contributed by atoms with Gasteiger partial charge in [0.25, 0.3) is 0 Å². The van der Waals surface area contributed by atoms with Gasteiger partial charge in [-0.15, -0.1) is 0 Å². The molecular weight excluding hydrogens is 391 g/mol. The average molecular weight is 397 g/mol. The van der Waals surface area contributed by atoms with E-state index in [-0.39, 0.29) is 16.1 Å². The third kappa shape index (κ3) is 2.92. The maximum absolute atomic E-state index is 13.2. The van der Waals surface area contributed by atoms with Gasteiger partial charge in [-0.25, -0.2) is 13.2 Å². The molecule has 0 heterocycles. The van der Waals surface area contributed by atoms with E-state index in [1.807, 2.05) is 0 Å². The summed E-state index contributed by atoms with van der Waals surface area (Å²) in [6, 6.07) is 5.03. The molecule has 2 rings (SSSR count). The van der Waals surface area contributed by atoms with E-state index in [1.165, 1.54) is 12.1 Å². The van der Waals surface area contributed by atoms with Crippen molar-refractivity contribution in [2.75, 3.05) is 0 Å². The SMILES string of the molecule is O=C(c1cc(F)c(F)cc1Cl)c1ccc(F)cc1I. The number of ketones is 1. The van der Waals surface area contributed by atoms with Crippen molar-refractivity contribution in [3.63, 3.8) is 0 Å². The Bertz CT molecular complexity index is 673. The molecule has 0 N–H and O–H groups in total. The molecule has 0 radical (unpaired) electrons. The van der Waals surface area contributed by atoms with Gasteiger partial charge in [-0.05, 0) is 52.9 Å². The maximum atomic E-state index is 13.2. The third-order valence-electron chi connectivity index (χ3n) is 2.43. The number of carbonyl (C=O) groups is 1. The second kappa shape index (κ2) is 5.50. The molecule has 0 amide bonds. The molecule has 2 aromatic carbocycles. The van der Waals surface area contributed by atoms with Crippen LogP contribution in [0.15, 0.2) is 30.3 Å². The molecule has 1 nitrogen and oxygen atoms in total. The standard InChI is InChI=1S/C13H5ClF3IO/c14-9-5-11(17)10(16)4-8(9)13(19)7-2-1-6(15)3-12(7)18/h1-5H. The average Bonchev–Trinajstić information content (AvgIpc) is 2.33. The van der Waals surface area contributed by atoms with Crippen molar-refractivity contribution in [1.29, 1.82) is 0 Å². The van der Waals surface area contributed by atoms with E-state index >= 15 is 0 Å². The summed E-state index contributed by atoms with van der Waals surface area (Å²) < 4.78 is 39.4. The van der Waals surface area contributed by atoms with Gasteiger partial charge in [0.05, 0.1) is 5.02 Å². The smallest absolute Gasteiger partial charge is 0.195 e. The van der Waals surface area contributed by atoms with Crippen LogP contribution in [0, 0.1) is 21.0 Å². The molecule has 0 atom stereocenters. The number of rotatable bonds is 2. The summed E-state index contributed by atoms with van der Waals surface area (Å²) in [5, 5.41) is -0.191. The summed E-state index contributed by atoms with van der Waals surface area (Å²) in [4.78, 5) is 12.2. The highest BCUT2D eigenvalue weighted by Crippen LogP contribution is 2.25. The Hall–Kier alpha value is -1.08. The van der Waals surface area contributed by atoms with Gasteiger partial charge < -0.3 is 0 Å². The van der Waals surface area contributed by atoms with Gasteiger partial charge in [0.2, 0.25) is 0 Å². The first-order valence-corrected chi connectivity index (χ1v) is 6.50. The zero-order chi connectivity index (χ0) is 14.2. The lowest BCUT2D eigenvalue weighted by molar-refractivity contribution is 0.103. The van der Waals surface area contributed by atoms with Gasteiger partial charge in [0, 0.05) is 14.7 Å². The predicted molar refractivity (Wildman–Crippen MR) is 73.9 cm³/mol. The lowest BCUT2D eigenvalue weighted by atomic mass is 10.0. The Labute approximate surface area is 125 Å². The van der Waals surface area contributed by atoms with Crippen molar-refractivity contribution in [2.45, 2.75) is 0 Å². The monoisotopic (exact) mass is 396 g/mol. The molecular formula is C13H5ClF3IO. The fraction of sp³-hybridized carbons (Fsp3) is 0. The highest BCUT2D eigenvalue weighted by Gasteiger charge is 2.18. The molecule has 6 heteroatoms. The first-order chi connectivity index (χ1) is 8.90. The number of carbonyl (C=O) groups excluding carboxylic acids is 1. The Balaban J connectivity index is 2.53. The van der Waals surface area contributed by atoms with E-state index in [9.17, 15) is 18.0 Å². The molecule has 0 aromatic heterocycles. The lowest BCUT2D eigenvalue weighted by Gasteiger charge is -2.06. The Kier molecular flexibility index (Phi) is 4.15. The molecule has 0 bridgehead atoms. The van der Waals surface area contributed by atoms with Crippen LogP contribution >= 0.6 is 34.2 Å². The molecule has 98 valence electrons. The van der Waals surface area contributed by atoms with Crippen molar-refractivity contribution in [3.8, 4) is 0 Å². The number of halogens is 5. The van der Waals surface area contributed by atoms with E-state index in [0.29, 0.717) is 3.57 Å². The highest BCUT2D eigenvalue weighted by molar-refractivity contribution is 14.1. The first-order valence-electron chi connectivity index (χ1n) is 5.04. The van der Waals surface area contributed by atoms with Crippen LogP contribution in [0.2, 0.25) is 5.02 Å². The summed E-state index contributed by atoms with van der Waals surface area (Å²) in [6.45, 7) is 0. The first kappa shape index (κ1) is 14.3. The molecule has 0 spiro atoms. The van der Waals surface area contributed by atoms with Crippen LogP contribution in [0.3, 0.4) is 0 Å². The van der Waals surface area contributed by atoms with Crippen molar-refractivity contribution >= 4 is 40.0 Å². The summed E-state index contributed by atoms with van der Waals surface area (Å²) in [5.74, 6) is -3.37. The van der Waals surface area contributed by atoms with Crippen LogP contribution in [-0.4, -0.2) is 5.78 Å². The lowest BCUT2D eigenvalue weighted by Crippen LogP contribution is -2.06. The summed E-state index contributed by atoms with van der Waals surface area (Å²) in [6.07, 6.45) is 0. The summed E-state index contributed by atoms with van der Waals surface area (Å²) in [7, 11) is 0. The highest BCUT2D eigenvalue weighted by atomic mass is 127. The van der Waals surface area contributed by atoms with E-state index in [1.54, 1.807) is 22.6 Å². The number of hydrogen-bond acceptors (Lipinski definition) is 1. The quantitative estimate of drug-likeness (QED) is 0.412. The minimum atomic E-state index is -1.16. The summed E-state index contributed by atoms with van der Waals surface area (Å²) >= 11 is 7.51. The minimum absolute atomic E-state index is 0.162. The molecule has 0 fully saturated rings. The van der Waals surface area contributed by atoms with Gasteiger partial charge in [-0.1, -0.05) is 11.6 Å². The van der Waals surface area contributed by atoms with Gasteiger partial charge in [0.1, 0.15) is 5.82 Å². The number of hydrogen-bond donors (Lipinski definition) is 0. The molecule has 0 aliphatic heterocycles. The zero-order valence-electron chi connectivity index (χ0n) is 9.18. The normalized spacial score (nSPS) is 10.6. The molecule has 19 heavy (non-hydrogen) atoms. The van der Waals surface area contributed by atoms with E-state index < -0.39 is 23.2 Å². The minimum Gasteiger partial charge on any atom is -0.289 e. The second-order valence-electron chi connectivity index (χ2n) is 3.70. The predicted octanol–water partition coefficient (Wildman–Crippen LogP) is 4.59. The largest absolute Gasteiger partial charge is 0.289 e. The third-order valence-corrected chi connectivity index (χ3v) is 3.64. The molecule has 0 unspecified atom stereocenters. The topological polar surface area (TPSA) is 17.1 Å². The van der Waals surface area contributed by atoms with Crippen LogP contribution in [0.5, 0.6) is 0 Å². The molecule has 2 aromatic rings. The van der Waals surface area contributed by atoms with Gasteiger partial charge in [0.15, 0.2) is 17.4 Å². The molecule has 0 aliphatic carbocycles. The van der Waals surface area contributed by atoms with Crippen molar-refractivity contribution in [2.24, 2.45) is 0 Å². The van der Waals surface area contributed by atoms with Crippen LogP contribution in [-0.2, 0) is 0 Å². The van der Waals surface area contributed by atoms with Crippen LogP contribution in [0.4, 0.5) is 13.2 Å². The van der Waals surface area contributed by atoms with Crippen LogP contribution < -0.4 is 0 Å². The maximum Gasteiger partial charge on any atom is 0.195 e. The summed E-state index contributed by atoms with van der Waals surface area (Å²) in [5.41, 5.74) is 0.0139. The Morgan fingerprint density at radius 3 is 2.26 bits per heavy atom. The van der Waals surface area contributed by atoms with Crippen LogP contribution in [0.1, 0.15) is 15.9 Å². The molecule has 0 saturated carbocycles. The Morgan fingerprint density at radius 1 is 1.00 bits per heavy atom. The van der Waals surface area contributed by atoms with Crippen molar-refractivity contribution in [3.05, 3.63) is 67.5 Å². The van der Waals surface area contributed by atoms with Crippen molar-refractivity contribution < 1.29 is 18.0 Å². The fourth-order valence-electron chi connectivity index (χ4n) is 1.52. The van der Waals surface area contributed by atoms with E-state index in [2.05, 4.69) is 0 Å². The van der Waals surface area contributed by atoms with E-state index in [4.69, 9.17) is 11.6 Å². The molecule has 0 aliphatic rings. The Morgan fingerprint density at radius 2 is 1.63 bits per heavy atom.